The van der Waals surface area contributed by atoms with Crippen molar-refractivity contribution in [3.8, 4) is 11.4 Å². The van der Waals surface area contributed by atoms with Crippen LogP contribution in [0.1, 0.15) is 33.7 Å². The van der Waals surface area contributed by atoms with Gasteiger partial charge in [-0.25, -0.2) is 4.39 Å². The number of piperazine rings is 1. The van der Waals surface area contributed by atoms with E-state index in [1.165, 1.54) is 23.4 Å². The highest BCUT2D eigenvalue weighted by Crippen LogP contribution is 2.38. The van der Waals surface area contributed by atoms with Crippen LogP contribution in [-0.2, 0) is 8.59 Å². The maximum Gasteiger partial charge on any atom is 0.295 e. The summed E-state index contributed by atoms with van der Waals surface area (Å²) in [7, 11) is 0. The van der Waals surface area contributed by atoms with E-state index in [9.17, 15) is 18.8 Å². The van der Waals surface area contributed by atoms with Crippen molar-refractivity contribution < 1.29 is 23.3 Å². The van der Waals surface area contributed by atoms with Crippen LogP contribution in [-0.4, -0.2) is 73.2 Å². The number of halogens is 4. The number of carbonyl (C=O) groups is 3. The molecule has 0 saturated carbocycles. The van der Waals surface area contributed by atoms with Gasteiger partial charge in [0.05, 0.1) is 11.1 Å². The smallest absolute Gasteiger partial charge is 0.295 e. The summed E-state index contributed by atoms with van der Waals surface area (Å²) >= 11 is 17.3. The number of carbonyl (C=O) groups excluding carboxylic acids is 3. The lowest BCUT2D eigenvalue weighted by molar-refractivity contribution is -0.130. The van der Waals surface area contributed by atoms with E-state index in [0.29, 0.717) is 5.69 Å². The third-order valence-corrected chi connectivity index (χ3v) is 6.68. The molecule has 4 heterocycles. The first-order valence-corrected chi connectivity index (χ1v) is 12.5. The van der Waals surface area contributed by atoms with Crippen LogP contribution in [0, 0.1) is 5.82 Å². The molecule has 1 aliphatic rings. The van der Waals surface area contributed by atoms with Crippen molar-refractivity contribution in [2.24, 2.45) is 0 Å². The zero-order valence-electron chi connectivity index (χ0n) is 19.6. The number of aromatic nitrogens is 4. The largest absolute Gasteiger partial charge is 0.360 e. The van der Waals surface area contributed by atoms with Crippen molar-refractivity contribution in [3.05, 3.63) is 65.7 Å². The van der Waals surface area contributed by atoms with Crippen LogP contribution in [0.2, 0.25) is 0 Å². The number of H-pyrrole nitrogens is 1. The Balaban J connectivity index is 1.38. The first-order chi connectivity index (χ1) is 18.1. The van der Waals surface area contributed by atoms with Gasteiger partial charge in [0, 0.05) is 49.0 Å². The van der Waals surface area contributed by atoms with Crippen LogP contribution >= 0.6 is 34.8 Å². The molecule has 1 atom stereocenters. The second kappa shape index (κ2) is 9.97. The molecule has 196 valence electrons. The Bertz CT molecular complexity index is 1550. The fourth-order valence-corrected chi connectivity index (χ4v) is 4.59. The molecule has 1 aliphatic heterocycles. The number of nitrogens with zero attached hydrogens (tertiary/aromatic N) is 5. The SMILES string of the molecule is CC1CN(C(=O)c2ccccn2)CCN1C(=O)C(=O)c1c[nH]c2c(-c3noc(C(Cl)(Cl)Cl)n3)ccc(F)c12. The number of amides is 2. The van der Waals surface area contributed by atoms with Gasteiger partial charge in [0.1, 0.15) is 11.5 Å². The summed E-state index contributed by atoms with van der Waals surface area (Å²) < 4.78 is 18.0. The van der Waals surface area contributed by atoms with Crippen molar-refractivity contribution in [1.29, 1.82) is 0 Å². The first-order valence-electron chi connectivity index (χ1n) is 11.3. The summed E-state index contributed by atoms with van der Waals surface area (Å²) in [5.41, 5.74) is 0.570. The second-order valence-electron chi connectivity index (χ2n) is 8.61. The lowest BCUT2D eigenvalue weighted by Crippen LogP contribution is -2.56. The van der Waals surface area contributed by atoms with E-state index in [1.54, 1.807) is 30.0 Å². The minimum absolute atomic E-state index is 0.00850. The molecule has 0 spiro atoms. The number of nitrogens with one attached hydrogen (secondary N) is 1. The molecular weight excluding hydrogens is 562 g/mol. The zero-order chi connectivity index (χ0) is 27.2. The Morgan fingerprint density at radius 2 is 1.95 bits per heavy atom. The highest BCUT2D eigenvalue weighted by atomic mass is 35.6. The molecule has 10 nitrogen and oxygen atoms in total. The van der Waals surface area contributed by atoms with Gasteiger partial charge in [-0.3, -0.25) is 19.4 Å². The van der Waals surface area contributed by atoms with Crippen LogP contribution < -0.4 is 0 Å². The predicted molar refractivity (Wildman–Crippen MR) is 136 cm³/mol. The molecule has 1 N–H and O–H groups in total. The highest BCUT2D eigenvalue weighted by Gasteiger charge is 2.35. The van der Waals surface area contributed by atoms with Gasteiger partial charge in [0.25, 0.3) is 27.3 Å². The Morgan fingerprint density at radius 1 is 1.16 bits per heavy atom. The number of Topliss-reactive ketones (excluding diaryl/α,β-unsaturated/α-hetero) is 1. The highest BCUT2D eigenvalue weighted by molar-refractivity contribution is 6.66. The van der Waals surface area contributed by atoms with Gasteiger partial charge in [0.2, 0.25) is 5.82 Å². The molecule has 1 saturated heterocycles. The number of aromatic amines is 1. The quantitative estimate of drug-likeness (QED) is 0.219. The Morgan fingerprint density at radius 3 is 2.61 bits per heavy atom. The lowest BCUT2D eigenvalue weighted by Gasteiger charge is -2.39. The van der Waals surface area contributed by atoms with Crippen LogP contribution in [0.4, 0.5) is 4.39 Å². The van der Waals surface area contributed by atoms with Crippen molar-refractivity contribution in [1.82, 2.24) is 29.9 Å². The lowest BCUT2D eigenvalue weighted by atomic mass is 10.0. The van der Waals surface area contributed by atoms with E-state index in [4.69, 9.17) is 39.3 Å². The fraction of sp³-hybridized carbons (Fsp3) is 0.250. The Labute approximate surface area is 229 Å². The number of hydrogen-bond donors (Lipinski definition) is 1. The Kier molecular flexibility index (Phi) is 6.84. The van der Waals surface area contributed by atoms with E-state index < -0.39 is 27.3 Å². The van der Waals surface area contributed by atoms with Gasteiger partial charge >= 0.3 is 0 Å². The molecule has 5 rings (SSSR count). The van der Waals surface area contributed by atoms with Gasteiger partial charge in [-0.2, -0.15) is 4.98 Å². The summed E-state index contributed by atoms with van der Waals surface area (Å²) in [6, 6.07) is 7.06. The monoisotopic (exact) mass is 578 g/mol. The molecule has 38 heavy (non-hydrogen) atoms. The molecular formula is C24H18Cl3FN6O4. The molecule has 3 aromatic heterocycles. The predicted octanol–water partition coefficient (Wildman–Crippen LogP) is 4.13. The number of benzene rings is 1. The fourth-order valence-electron chi connectivity index (χ4n) is 4.36. The van der Waals surface area contributed by atoms with Crippen molar-refractivity contribution in [3.63, 3.8) is 0 Å². The number of hydrogen-bond acceptors (Lipinski definition) is 7. The van der Waals surface area contributed by atoms with Crippen molar-refractivity contribution >= 4 is 63.3 Å². The normalized spacial score (nSPS) is 16.2. The van der Waals surface area contributed by atoms with E-state index in [1.807, 2.05) is 0 Å². The van der Waals surface area contributed by atoms with Gasteiger partial charge < -0.3 is 19.3 Å². The molecule has 1 fully saturated rings. The van der Waals surface area contributed by atoms with Crippen molar-refractivity contribution in [2.45, 2.75) is 16.8 Å². The number of ketones is 1. The molecule has 14 heteroatoms. The number of pyridine rings is 1. The average Bonchev–Trinajstić information content (AvgIpc) is 3.57. The topological polar surface area (TPSA) is 125 Å². The molecule has 2 amide bonds. The van der Waals surface area contributed by atoms with Gasteiger partial charge in [0.15, 0.2) is 0 Å². The van der Waals surface area contributed by atoms with Crippen LogP contribution in [0.15, 0.2) is 47.2 Å². The molecule has 0 bridgehead atoms. The minimum atomic E-state index is -1.96. The first kappa shape index (κ1) is 26.1. The van der Waals surface area contributed by atoms with E-state index >= 15 is 0 Å². The molecule has 1 aromatic carbocycles. The molecule has 0 aliphatic carbocycles. The average molecular weight is 580 g/mol. The van der Waals surface area contributed by atoms with Crippen molar-refractivity contribution in [2.75, 3.05) is 19.6 Å². The van der Waals surface area contributed by atoms with Gasteiger partial charge in [-0.1, -0.05) is 46.0 Å². The van der Waals surface area contributed by atoms with E-state index in [2.05, 4.69) is 20.1 Å². The summed E-state index contributed by atoms with van der Waals surface area (Å²) in [5.74, 6) is -3.01. The van der Waals surface area contributed by atoms with Crippen LogP contribution in [0.5, 0.6) is 0 Å². The maximum atomic E-state index is 14.9. The third kappa shape index (κ3) is 4.72. The van der Waals surface area contributed by atoms with Gasteiger partial charge in [-0.05, 0) is 31.2 Å². The minimum Gasteiger partial charge on any atom is -0.360 e. The van der Waals surface area contributed by atoms with Gasteiger partial charge in [-0.15, -0.1) is 0 Å². The van der Waals surface area contributed by atoms with Crippen LogP contribution in [0.25, 0.3) is 22.3 Å². The van der Waals surface area contributed by atoms with E-state index in [0.717, 1.165) is 6.07 Å². The number of rotatable bonds is 4. The number of fused-ring (bicyclic) bond motifs is 1. The second-order valence-corrected chi connectivity index (χ2v) is 10.9. The summed E-state index contributed by atoms with van der Waals surface area (Å²) in [5, 5.41) is 3.66. The molecule has 1 unspecified atom stereocenters. The Hall–Kier alpha value is -3.54. The third-order valence-electron chi connectivity index (χ3n) is 6.19. The maximum absolute atomic E-state index is 14.9. The van der Waals surface area contributed by atoms with E-state index in [-0.39, 0.29) is 59.3 Å². The standard InChI is InChI=1S/C24H18Cl3FN6O4/c1-12-11-33(21(36)16-4-2-3-7-29-16)8-9-34(12)22(37)19(35)14-10-30-18-13(5-6-15(28)17(14)18)20-31-23(38-32-20)24(25,26)27/h2-7,10,12,30H,8-9,11H2,1H3. The zero-order valence-corrected chi connectivity index (χ0v) is 21.9. The summed E-state index contributed by atoms with van der Waals surface area (Å²) in [6.07, 6.45) is 2.78. The molecule has 4 aromatic rings. The number of alkyl halides is 3. The summed E-state index contributed by atoms with van der Waals surface area (Å²) in [6.45, 7) is 2.29. The molecule has 0 radical (unpaired) electrons. The van der Waals surface area contributed by atoms with Crippen LogP contribution in [0.3, 0.4) is 0 Å². The summed E-state index contributed by atoms with van der Waals surface area (Å²) in [4.78, 5) is 53.1.